The molecule has 4 nitrogen and oxygen atoms in total. The smallest absolute Gasteiger partial charge is 0.462 e. The molecule has 0 unspecified atom stereocenters. The molecule has 31 heavy (non-hydrogen) atoms. The van der Waals surface area contributed by atoms with Crippen molar-refractivity contribution < 1.29 is 40.2 Å². The van der Waals surface area contributed by atoms with E-state index in [2.05, 4.69) is 21.0 Å². The third-order valence-corrected chi connectivity index (χ3v) is 4.27. The monoisotopic (exact) mass is 516 g/mol. The Hall–Kier alpha value is -2.50. The summed E-state index contributed by atoms with van der Waals surface area (Å²) in [5, 5.41) is 2.82. The Kier molecular flexibility index (Phi) is 7.79. The number of rotatable bonds is 9. The molecule has 0 aliphatic heterocycles. The van der Waals surface area contributed by atoms with Crippen LogP contribution in [0.2, 0.25) is 0 Å². The molecule has 0 atom stereocenters. The van der Waals surface area contributed by atoms with Crippen LogP contribution in [-0.4, -0.2) is 31.0 Å². The number of hydrogen-bond donors (Lipinski definition) is 1. The molecule has 0 saturated heterocycles. The molecule has 0 heterocycles. The molecule has 0 radical (unpaired) electrons. The summed E-state index contributed by atoms with van der Waals surface area (Å²) < 4.78 is 100. The maximum Gasteiger partial charge on any atom is 0.462 e. The molecule has 2 aromatic rings. The maximum atomic E-state index is 13.2. The second kappa shape index (κ2) is 9.75. The predicted octanol–water partition coefficient (Wildman–Crippen LogP) is 6.14. The van der Waals surface area contributed by atoms with Crippen molar-refractivity contribution in [2.45, 2.75) is 31.7 Å². The number of hydrazone groups is 1. The fourth-order valence-corrected chi connectivity index (χ4v) is 2.43. The van der Waals surface area contributed by atoms with Crippen LogP contribution in [0.1, 0.15) is 18.1 Å². The van der Waals surface area contributed by atoms with E-state index in [-0.39, 0.29) is 24.5 Å². The lowest BCUT2D eigenvalue weighted by atomic mass is 10.2. The average molecular weight is 517 g/mol. The lowest BCUT2D eigenvalue weighted by Gasteiger charge is -2.27. The van der Waals surface area contributed by atoms with Crippen molar-refractivity contribution in [1.29, 1.82) is 0 Å². The highest BCUT2D eigenvalue weighted by molar-refractivity contribution is 9.10. The molecule has 1 N–H and O–H groups in total. The Bertz CT molecular complexity index is 903. The molecule has 2 rings (SSSR count). The minimum atomic E-state index is -6.45. The van der Waals surface area contributed by atoms with Crippen LogP contribution in [0.5, 0.6) is 11.5 Å². The van der Waals surface area contributed by atoms with Gasteiger partial charge >= 0.3 is 18.1 Å². The van der Waals surface area contributed by atoms with Crippen LogP contribution < -0.4 is 14.9 Å². The van der Waals surface area contributed by atoms with Gasteiger partial charge in [0.1, 0.15) is 6.61 Å². The molecule has 0 aliphatic rings. The maximum absolute atomic E-state index is 13.2. The normalized spacial score (nSPS) is 12.8. The molecule has 0 aromatic heterocycles. The van der Waals surface area contributed by atoms with E-state index < -0.39 is 18.1 Å². The van der Waals surface area contributed by atoms with Crippen molar-refractivity contribution in [2.24, 2.45) is 5.10 Å². The molecule has 0 bridgehead atoms. The van der Waals surface area contributed by atoms with Crippen molar-refractivity contribution in [1.82, 2.24) is 5.43 Å². The van der Waals surface area contributed by atoms with E-state index in [1.165, 1.54) is 18.2 Å². The lowest BCUT2D eigenvalue weighted by molar-refractivity contribution is -0.361. The standard InChI is InChI=1S/C19H16BrF7N2O2/c1-2-30-16-9-13(10-28-29-19(26,27)17(21,22)18(23,24)25)5-8-15(16)31-11-12-3-6-14(20)7-4-12/h3-10,29H,2,11H2,1H3/b28-10+. The minimum absolute atomic E-state index is 0.0954. The molecule has 0 amide bonds. The van der Waals surface area contributed by atoms with Crippen molar-refractivity contribution >= 4 is 22.1 Å². The summed E-state index contributed by atoms with van der Waals surface area (Å²) in [7, 11) is 0. The fraction of sp³-hybridized carbons (Fsp3) is 0.316. The van der Waals surface area contributed by atoms with Crippen LogP contribution in [0.15, 0.2) is 52.0 Å². The number of nitrogens with zero attached hydrogens (tertiary/aromatic N) is 1. The Balaban J connectivity index is 2.11. The van der Waals surface area contributed by atoms with Gasteiger partial charge in [-0.2, -0.15) is 35.8 Å². The summed E-state index contributed by atoms with van der Waals surface area (Å²) in [5.74, 6) is -5.79. The van der Waals surface area contributed by atoms with Gasteiger partial charge in [0, 0.05) is 4.47 Å². The molecular formula is C19H16BrF7N2O2. The third-order valence-electron chi connectivity index (χ3n) is 3.74. The first kappa shape index (κ1) is 24.8. The fourth-order valence-electron chi connectivity index (χ4n) is 2.17. The first-order valence-electron chi connectivity index (χ1n) is 8.64. The van der Waals surface area contributed by atoms with Crippen molar-refractivity contribution in [3.63, 3.8) is 0 Å². The summed E-state index contributed by atoms with van der Waals surface area (Å²) in [6.45, 7) is 2.10. The number of hydrogen-bond acceptors (Lipinski definition) is 4. The summed E-state index contributed by atoms with van der Waals surface area (Å²) in [5.41, 5.74) is 1.51. The van der Waals surface area contributed by atoms with Gasteiger partial charge in [-0.3, -0.25) is 0 Å². The van der Waals surface area contributed by atoms with Crippen molar-refractivity contribution in [3.05, 3.63) is 58.1 Å². The van der Waals surface area contributed by atoms with Crippen molar-refractivity contribution in [3.8, 4) is 11.5 Å². The number of alkyl halides is 7. The number of benzene rings is 2. The highest BCUT2D eigenvalue weighted by Gasteiger charge is 2.73. The Labute approximate surface area is 181 Å². The van der Waals surface area contributed by atoms with Crippen LogP contribution in [0.25, 0.3) is 0 Å². The van der Waals surface area contributed by atoms with Gasteiger partial charge in [0.2, 0.25) is 0 Å². The van der Waals surface area contributed by atoms with Gasteiger partial charge in [0.25, 0.3) is 0 Å². The van der Waals surface area contributed by atoms with Crippen LogP contribution >= 0.6 is 15.9 Å². The summed E-state index contributed by atoms with van der Waals surface area (Å²) >= 11 is 3.31. The molecule has 0 fully saturated rings. The van der Waals surface area contributed by atoms with Crippen LogP contribution in [0.3, 0.4) is 0 Å². The highest BCUT2D eigenvalue weighted by atomic mass is 79.9. The highest BCUT2D eigenvalue weighted by Crippen LogP contribution is 2.45. The first-order valence-corrected chi connectivity index (χ1v) is 9.43. The minimum Gasteiger partial charge on any atom is -0.490 e. The van der Waals surface area contributed by atoms with E-state index in [0.717, 1.165) is 10.0 Å². The van der Waals surface area contributed by atoms with Crippen LogP contribution in [-0.2, 0) is 6.61 Å². The summed E-state index contributed by atoms with van der Waals surface area (Å²) in [6, 6.07) is 5.74. The third kappa shape index (κ3) is 6.25. The van der Waals surface area contributed by atoms with Gasteiger partial charge in [-0.15, -0.1) is 0 Å². The van der Waals surface area contributed by atoms with E-state index in [0.29, 0.717) is 17.4 Å². The van der Waals surface area contributed by atoms with Gasteiger partial charge in [-0.05, 0) is 48.4 Å². The van der Waals surface area contributed by atoms with Gasteiger partial charge in [0.05, 0.1) is 12.8 Å². The average Bonchev–Trinajstić information content (AvgIpc) is 2.68. The number of halogens is 8. The Morgan fingerprint density at radius 3 is 2.16 bits per heavy atom. The van der Waals surface area contributed by atoms with Gasteiger partial charge in [-0.1, -0.05) is 28.1 Å². The summed E-state index contributed by atoms with van der Waals surface area (Å²) in [6.07, 6.45) is -5.80. The lowest BCUT2D eigenvalue weighted by Crippen LogP contribution is -2.58. The molecule has 0 saturated carbocycles. The quantitative estimate of drug-likeness (QED) is 0.188. The Morgan fingerprint density at radius 1 is 0.935 bits per heavy atom. The molecule has 170 valence electrons. The second-order valence-electron chi connectivity index (χ2n) is 6.07. The second-order valence-corrected chi connectivity index (χ2v) is 6.99. The van der Waals surface area contributed by atoms with E-state index in [1.54, 1.807) is 6.92 Å². The van der Waals surface area contributed by atoms with E-state index in [4.69, 9.17) is 9.47 Å². The SMILES string of the molecule is CCOc1cc(/C=N/NC(F)(F)C(F)(F)C(F)(F)F)ccc1OCc1ccc(Br)cc1. The van der Waals surface area contributed by atoms with Gasteiger partial charge < -0.3 is 9.47 Å². The zero-order valence-corrected chi connectivity index (χ0v) is 17.4. The topological polar surface area (TPSA) is 42.8 Å². The molecule has 12 heteroatoms. The Morgan fingerprint density at radius 2 is 1.58 bits per heavy atom. The molecule has 0 aliphatic carbocycles. The molecule has 2 aromatic carbocycles. The van der Waals surface area contributed by atoms with Crippen molar-refractivity contribution in [2.75, 3.05) is 6.61 Å². The zero-order valence-electron chi connectivity index (χ0n) is 15.8. The predicted molar refractivity (Wildman–Crippen MR) is 103 cm³/mol. The van der Waals surface area contributed by atoms with E-state index in [9.17, 15) is 30.7 Å². The van der Waals surface area contributed by atoms with Gasteiger partial charge in [-0.25, -0.2) is 5.43 Å². The van der Waals surface area contributed by atoms with E-state index >= 15 is 0 Å². The number of ether oxygens (including phenoxy) is 2. The molecular weight excluding hydrogens is 501 g/mol. The zero-order chi connectivity index (χ0) is 23.3. The summed E-state index contributed by atoms with van der Waals surface area (Å²) in [4.78, 5) is 0. The van der Waals surface area contributed by atoms with Crippen LogP contribution in [0.4, 0.5) is 30.7 Å². The number of nitrogens with one attached hydrogen (secondary N) is 1. The van der Waals surface area contributed by atoms with Crippen LogP contribution in [0, 0.1) is 0 Å². The first-order chi connectivity index (χ1) is 14.4. The largest absolute Gasteiger partial charge is 0.490 e. The molecule has 0 spiro atoms. The van der Waals surface area contributed by atoms with E-state index in [1.807, 2.05) is 24.3 Å². The van der Waals surface area contributed by atoms with Gasteiger partial charge in [0.15, 0.2) is 11.5 Å².